The van der Waals surface area contributed by atoms with Crippen molar-refractivity contribution < 1.29 is 13.2 Å². The van der Waals surface area contributed by atoms with E-state index in [2.05, 4.69) is 4.72 Å². The van der Waals surface area contributed by atoms with Crippen LogP contribution in [0.15, 0.2) is 30.3 Å². The van der Waals surface area contributed by atoms with Gasteiger partial charge in [0, 0.05) is 18.7 Å². The summed E-state index contributed by atoms with van der Waals surface area (Å²) < 4.78 is 27.8. The van der Waals surface area contributed by atoms with Gasteiger partial charge in [-0.15, -0.1) is 0 Å². The topological polar surface area (TPSA) is 66.5 Å². The summed E-state index contributed by atoms with van der Waals surface area (Å²) in [5, 5.41) is 0. The van der Waals surface area contributed by atoms with Gasteiger partial charge in [-0.25, -0.2) is 0 Å². The van der Waals surface area contributed by atoms with E-state index in [4.69, 9.17) is 0 Å². The summed E-state index contributed by atoms with van der Waals surface area (Å²) in [7, 11) is -3.52. The highest BCUT2D eigenvalue weighted by molar-refractivity contribution is 7.87. The van der Waals surface area contributed by atoms with Crippen molar-refractivity contribution >= 4 is 16.0 Å². The molecule has 1 N–H and O–H groups in total. The number of piperidine rings is 1. The first-order valence-electron chi connectivity index (χ1n) is 6.42. The summed E-state index contributed by atoms with van der Waals surface area (Å²) >= 11 is 0. The fourth-order valence-corrected chi connectivity index (χ4v) is 3.31. The minimum atomic E-state index is -3.52. The van der Waals surface area contributed by atoms with E-state index in [0.29, 0.717) is 18.7 Å². The predicted octanol–water partition coefficient (Wildman–Crippen LogP) is 1.19. The number of nitrogens with one attached hydrogen (secondary N) is 1. The van der Waals surface area contributed by atoms with Gasteiger partial charge in [0.1, 0.15) is 0 Å². The lowest BCUT2D eigenvalue weighted by Crippen LogP contribution is -2.44. The smallest absolute Gasteiger partial charge is 0.279 e. The summed E-state index contributed by atoms with van der Waals surface area (Å²) in [6, 6.07) is 8.68. The van der Waals surface area contributed by atoms with Gasteiger partial charge < -0.3 is 0 Å². The Morgan fingerprint density at radius 2 is 1.74 bits per heavy atom. The van der Waals surface area contributed by atoms with Crippen molar-refractivity contribution in [3.8, 4) is 0 Å². The lowest BCUT2D eigenvalue weighted by atomic mass is 10.1. The van der Waals surface area contributed by atoms with Gasteiger partial charge in [0.15, 0.2) is 5.78 Å². The lowest BCUT2D eigenvalue weighted by Gasteiger charge is -2.25. The van der Waals surface area contributed by atoms with E-state index in [1.54, 1.807) is 24.3 Å². The molecule has 1 heterocycles. The number of carbonyl (C=O) groups excluding carboxylic acids is 1. The Morgan fingerprint density at radius 3 is 2.37 bits per heavy atom. The van der Waals surface area contributed by atoms with Crippen LogP contribution in [0, 0.1) is 0 Å². The zero-order valence-electron chi connectivity index (χ0n) is 10.7. The Labute approximate surface area is 113 Å². The number of benzene rings is 1. The standard InChI is InChI=1S/C13H18N2O3S/c16-13(12-7-3-1-4-8-12)11-14-19(17,18)15-9-5-2-6-10-15/h1,3-4,7-8,14H,2,5-6,9-11H2. The van der Waals surface area contributed by atoms with E-state index in [9.17, 15) is 13.2 Å². The second kappa shape index (κ2) is 6.27. The maximum absolute atomic E-state index is 12.0. The fourth-order valence-electron chi connectivity index (χ4n) is 2.08. The second-order valence-corrected chi connectivity index (χ2v) is 6.33. The molecule has 0 aromatic heterocycles. The van der Waals surface area contributed by atoms with Crippen LogP contribution in [0.3, 0.4) is 0 Å². The molecule has 0 atom stereocenters. The highest BCUT2D eigenvalue weighted by Gasteiger charge is 2.24. The fraction of sp³-hybridized carbons (Fsp3) is 0.462. The van der Waals surface area contributed by atoms with Crippen LogP contribution in [0.1, 0.15) is 29.6 Å². The number of carbonyl (C=O) groups is 1. The summed E-state index contributed by atoms with van der Waals surface area (Å²) in [4.78, 5) is 11.8. The molecule has 1 aromatic carbocycles. The molecule has 0 radical (unpaired) electrons. The van der Waals surface area contributed by atoms with Crippen molar-refractivity contribution in [2.45, 2.75) is 19.3 Å². The summed E-state index contributed by atoms with van der Waals surface area (Å²) in [5.41, 5.74) is 0.517. The zero-order chi connectivity index (χ0) is 13.7. The van der Waals surface area contributed by atoms with E-state index in [-0.39, 0.29) is 12.3 Å². The molecule has 0 amide bonds. The van der Waals surface area contributed by atoms with Crippen LogP contribution in [0.4, 0.5) is 0 Å². The van der Waals surface area contributed by atoms with E-state index in [0.717, 1.165) is 19.3 Å². The molecule has 1 fully saturated rings. The lowest BCUT2D eigenvalue weighted by molar-refractivity contribution is 0.0996. The highest BCUT2D eigenvalue weighted by atomic mass is 32.2. The third-order valence-corrected chi connectivity index (χ3v) is 4.72. The molecule has 6 heteroatoms. The van der Waals surface area contributed by atoms with Gasteiger partial charge in [-0.1, -0.05) is 36.8 Å². The Bertz CT molecular complexity index is 522. The van der Waals surface area contributed by atoms with Crippen LogP contribution in [-0.2, 0) is 10.2 Å². The van der Waals surface area contributed by atoms with Crippen LogP contribution in [-0.4, -0.2) is 38.1 Å². The number of hydrogen-bond acceptors (Lipinski definition) is 3. The maximum Gasteiger partial charge on any atom is 0.279 e. The molecule has 0 saturated carbocycles. The minimum absolute atomic E-state index is 0.192. The predicted molar refractivity (Wildman–Crippen MR) is 73.1 cm³/mol. The monoisotopic (exact) mass is 282 g/mol. The molecule has 0 unspecified atom stereocenters. The third-order valence-electron chi connectivity index (χ3n) is 3.17. The molecule has 2 rings (SSSR count). The first kappa shape index (κ1) is 14.2. The van der Waals surface area contributed by atoms with Crippen molar-refractivity contribution in [2.24, 2.45) is 0 Å². The number of Topliss-reactive ketones (excluding diaryl/α,β-unsaturated/α-hetero) is 1. The summed E-state index contributed by atoms with van der Waals surface area (Å²) in [6.07, 6.45) is 2.83. The number of rotatable bonds is 5. The van der Waals surface area contributed by atoms with E-state index in [1.165, 1.54) is 4.31 Å². The molecular weight excluding hydrogens is 264 g/mol. The molecule has 5 nitrogen and oxygen atoms in total. The molecule has 1 aliphatic heterocycles. The number of nitrogens with zero attached hydrogens (tertiary/aromatic N) is 1. The Kier molecular flexibility index (Phi) is 4.68. The van der Waals surface area contributed by atoms with Gasteiger partial charge >= 0.3 is 0 Å². The Hall–Kier alpha value is -1.24. The first-order valence-corrected chi connectivity index (χ1v) is 7.86. The first-order chi connectivity index (χ1) is 9.09. The minimum Gasteiger partial charge on any atom is -0.293 e. The number of hydrogen-bond donors (Lipinski definition) is 1. The molecule has 1 aromatic rings. The van der Waals surface area contributed by atoms with Crippen LogP contribution >= 0.6 is 0 Å². The van der Waals surface area contributed by atoms with Gasteiger partial charge in [-0.3, -0.25) is 4.79 Å². The van der Waals surface area contributed by atoms with E-state index < -0.39 is 10.2 Å². The maximum atomic E-state index is 12.0. The van der Waals surface area contributed by atoms with Crippen molar-refractivity contribution in [3.05, 3.63) is 35.9 Å². The van der Waals surface area contributed by atoms with Crippen LogP contribution < -0.4 is 4.72 Å². The number of ketones is 1. The van der Waals surface area contributed by atoms with Gasteiger partial charge in [0.2, 0.25) is 0 Å². The largest absolute Gasteiger partial charge is 0.293 e. The Balaban J connectivity index is 1.92. The zero-order valence-corrected chi connectivity index (χ0v) is 11.5. The molecule has 0 aliphatic carbocycles. The molecule has 0 spiro atoms. The summed E-state index contributed by atoms with van der Waals surface area (Å²) in [6.45, 7) is 0.882. The SMILES string of the molecule is O=C(CNS(=O)(=O)N1CCCCC1)c1ccccc1. The van der Waals surface area contributed by atoms with Crippen molar-refractivity contribution in [1.29, 1.82) is 0 Å². The van der Waals surface area contributed by atoms with Crippen molar-refractivity contribution in [2.75, 3.05) is 19.6 Å². The molecule has 1 saturated heterocycles. The van der Waals surface area contributed by atoms with Gasteiger partial charge in [-0.2, -0.15) is 17.4 Å². The average molecular weight is 282 g/mol. The molecule has 0 bridgehead atoms. The molecule has 104 valence electrons. The molecule has 19 heavy (non-hydrogen) atoms. The molecule has 1 aliphatic rings. The van der Waals surface area contributed by atoms with Gasteiger partial charge in [-0.05, 0) is 12.8 Å². The van der Waals surface area contributed by atoms with Crippen LogP contribution in [0.2, 0.25) is 0 Å². The normalized spacial score (nSPS) is 17.3. The molecular formula is C13H18N2O3S. The van der Waals surface area contributed by atoms with E-state index in [1.807, 2.05) is 6.07 Å². The Morgan fingerprint density at radius 1 is 1.11 bits per heavy atom. The van der Waals surface area contributed by atoms with Gasteiger partial charge in [0.25, 0.3) is 10.2 Å². The van der Waals surface area contributed by atoms with Crippen molar-refractivity contribution in [1.82, 2.24) is 9.03 Å². The van der Waals surface area contributed by atoms with Gasteiger partial charge in [0.05, 0.1) is 6.54 Å². The van der Waals surface area contributed by atoms with E-state index >= 15 is 0 Å². The summed E-state index contributed by atoms with van der Waals surface area (Å²) in [5.74, 6) is -0.221. The second-order valence-electron chi connectivity index (χ2n) is 4.58. The quantitative estimate of drug-likeness (QED) is 0.825. The van der Waals surface area contributed by atoms with Crippen molar-refractivity contribution in [3.63, 3.8) is 0 Å². The highest BCUT2D eigenvalue weighted by Crippen LogP contribution is 2.11. The van der Waals surface area contributed by atoms with Crippen LogP contribution in [0.25, 0.3) is 0 Å². The average Bonchev–Trinajstić information content (AvgIpc) is 2.47. The van der Waals surface area contributed by atoms with Crippen LogP contribution in [0.5, 0.6) is 0 Å². The third kappa shape index (κ3) is 3.86.